The molecule has 0 aliphatic carbocycles. The highest BCUT2D eigenvalue weighted by molar-refractivity contribution is 4.67. The summed E-state index contributed by atoms with van der Waals surface area (Å²) in [4.78, 5) is 2.40. The maximum absolute atomic E-state index is 5.30. The van der Waals surface area contributed by atoms with Gasteiger partial charge in [-0.05, 0) is 38.8 Å². The molecule has 0 spiro atoms. The van der Waals surface area contributed by atoms with Crippen molar-refractivity contribution in [3.05, 3.63) is 0 Å². The van der Waals surface area contributed by atoms with E-state index in [1.54, 1.807) is 0 Å². The molecule has 0 fully saturated rings. The van der Waals surface area contributed by atoms with Crippen molar-refractivity contribution in [1.29, 1.82) is 0 Å². The van der Waals surface area contributed by atoms with E-state index in [1.807, 2.05) is 6.92 Å². The molecule has 1 N–H and O–H groups in total. The zero-order chi connectivity index (χ0) is 13.1. The Morgan fingerprint density at radius 1 is 1.12 bits per heavy atom. The molecule has 0 amide bonds. The zero-order valence-corrected chi connectivity index (χ0v) is 12.5. The van der Waals surface area contributed by atoms with Gasteiger partial charge in [0, 0.05) is 32.8 Å². The third-order valence-electron chi connectivity index (χ3n) is 2.51. The van der Waals surface area contributed by atoms with Crippen LogP contribution in [0.2, 0.25) is 0 Å². The molecule has 17 heavy (non-hydrogen) atoms. The van der Waals surface area contributed by atoms with Crippen molar-refractivity contribution >= 4 is 0 Å². The van der Waals surface area contributed by atoms with Crippen LogP contribution in [-0.4, -0.2) is 51.3 Å². The van der Waals surface area contributed by atoms with Crippen LogP contribution in [0.3, 0.4) is 0 Å². The van der Waals surface area contributed by atoms with Crippen molar-refractivity contribution in [2.75, 3.05) is 46.4 Å². The Labute approximate surface area is 108 Å². The quantitative estimate of drug-likeness (QED) is 0.597. The fourth-order valence-corrected chi connectivity index (χ4v) is 1.88. The van der Waals surface area contributed by atoms with Crippen molar-refractivity contribution in [3.63, 3.8) is 0 Å². The van der Waals surface area contributed by atoms with Crippen molar-refractivity contribution in [3.8, 4) is 0 Å². The molecule has 104 valence electrons. The summed E-state index contributed by atoms with van der Waals surface area (Å²) in [6, 6.07) is 0. The summed E-state index contributed by atoms with van der Waals surface area (Å²) in [6.45, 7) is 15.1. The first kappa shape index (κ1) is 16.9. The number of hydrogen-bond acceptors (Lipinski definition) is 3. The van der Waals surface area contributed by atoms with Crippen LogP contribution in [-0.2, 0) is 4.74 Å². The Kier molecular flexibility index (Phi) is 9.79. The predicted molar refractivity (Wildman–Crippen MR) is 75.5 cm³/mol. The van der Waals surface area contributed by atoms with Gasteiger partial charge in [-0.25, -0.2) is 0 Å². The van der Waals surface area contributed by atoms with E-state index >= 15 is 0 Å². The molecule has 0 unspecified atom stereocenters. The Bertz CT molecular complexity index is 166. The highest BCUT2D eigenvalue weighted by atomic mass is 16.5. The molecule has 0 saturated heterocycles. The van der Waals surface area contributed by atoms with E-state index in [9.17, 15) is 0 Å². The lowest BCUT2D eigenvalue weighted by Gasteiger charge is -2.26. The summed E-state index contributed by atoms with van der Waals surface area (Å²) in [5.74, 6) is 0. The number of nitrogens with zero attached hydrogens (tertiary/aromatic N) is 1. The van der Waals surface area contributed by atoms with Crippen LogP contribution in [0.25, 0.3) is 0 Å². The molecule has 0 radical (unpaired) electrons. The van der Waals surface area contributed by atoms with Gasteiger partial charge in [0.1, 0.15) is 0 Å². The Morgan fingerprint density at radius 3 is 2.41 bits per heavy atom. The van der Waals surface area contributed by atoms with Crippen molar-refractivity contribution in [2.45, 2.75) is 40.5 Å². The van der Waals surface area contributed by atoms with Gasteiger partial charge >= 0.3 is 0 Å². The first-order valence-electron chi connectivity index (χ1n) is 6.92. The highest BCUT2D eigenvalue weighted by Gasteiger charge is 2.12. The molecule has 3 nitrogen and oxygen atoms in total. The molecule has 0 heterocycles. The molecular weight excluding hydrogens is 212 g/mol. The van der Waals surface area contributed by atoms with Gasteiger partial charge in [-0.15, -0.1) is 0 Å². The predicted octanol–water partition coefficient (Wildman–Crippen LogP) is 2.37. The highest BCUT2D eigenvalue weighted by Crippen LogP contribution is 2.13. The third-order valence-corrected chi connectivity index (χ3v) is 2.51. The maximum atomic E-state index is 5.30. The molecule has 0 rings (SSSR count). The van der Waals surface area contributed by atoms with Crippen LogP contribution >= 0.6 is 0 Å². The number of likely N-dealkylation sites (N-methyl/N-ethyl adjacent to an activating group) is 1. The van der Waals surface area contributed by atoms with E-state index in [1.165, 1.54) is 12.8 Å². The summed E-state index contributed by atoms with van der Waals surface area (Å²) in [5, 5.41) is 3.48. The minimum Gasteiger partial charge on any atom is -0.382 e. The summed E-state index contributed by atoms with van der Waals surface area (Å²) >= 11 is 0. The average molecular weight is 244 g/mol. The van der Waals surface area contributed by atoms with Gasteiger partial charge in [-0.1, -0.05) is 20.8 Å². The number of ether oxygens (including phenoxy) is 1. The van der Waals surface area contributed by atoms with Gasteiger partial charge in [0.05, 0.1) is 0 Å². The van der Waals surface area contributed by atoms with Gasteiger partial charge in [0.15, 0.2) is 0 Å². The Hall–Kier alpha value is -0.120. The molecule has 0 aromatic heterocycles. The third kappa shape index (κ3) is 13.8. The number of nitrogens with one attached hydrogen (secondary N) is 1. The number of rotatable bonds is 10. The second kappa shape index (κ2) is 9.86. The molecule has 0 atom stereocenters. The van der Waals surface area contributed by atoms with Crippen molar-refractivity contribution < 1.29 is 4.74 Å². The second-order valence-corrected chi connectivity index (χ2v) is 5.95. The normalized spacial score (nSPS) is 12.4. The Morgan fingerprint density at radius 2 is 1.82 bits per heavy atom. The van der Waals surface area contributed by atoms with Crippen LogP contribution in [0.5, 0.6) is 0 Å². The monoisotopic (exact) mass is 244 g/mol. The Balaban J connectivity index is 3.22. The second-order valence-electron chi connectivity index (χ2n) is 5.95. The van der Waals surface area contributed by atoms with E-state index in [4.69, 9.17) is 4.74 Å². The van der Waals surface area contributed by atoms with Crippen LogP contribution < -0.4 is 5.32 Å². The number of unbranched alkanes of at least 4 members (excludes halogenated alkanes) is 1. The summed E-state index contributed by atoms with van der Waals surface area (Å²) in [7, 11) is 2.20. The fraction of sp³-hybridized carbons (Fsp3) is 1.00. The lowest BCUT2D eigenvalue weighted by atomic mass is 9.96. The number of hydrogen-bond donors (Lipinski definition) is 1. The summed E-state index contributed by atoms with van der Waals surface area (Å²) < 4.78 is 5.30. The molecular formula is C14H32N2O. The van der Waals surface area contributed by atoms with Gasteiger partial charge in [-0.2, -0.15) is 0 Å². The summed E-state index contributed by atoms with van der Waals surface area (Å²) in [6.07, 6.45) is 2.38. The van der Waals surface area contributed by atoms with Gasteiger partial charge in [-0.3, -0.25) is 0 Å². The van der Waals surface area contributed by atoms with E-state index in [0.29, 0.717) is 5.41 Å². The summed E-state index contributed by atoms with van der Waals surface area (Å²) in [5.41, 5.74) is 0.395. The van der Waals surface area contributed by atoms with Crippen LogP contribution in [0, 0.1) is 5.41 Å². The zero-order valence-electron chi connectivity index (χ0n) is 12.5. The van der Waals surface area contributed by atoms with Crippen LogP contribution in [0.4, 0.5) is 0 Å². The lowest BCUT2D eigenvalue weighted by Crippen LogP contribution is -2.35. The van der Waals surface area contributed by atoms with E-state index in [2.05, 4.69) is 38.0 Å². The molecule has 0 aliphatic heterocycles. The smallest absolute Gasteiger partial charge is 0.0466 e. The molecule has 3 heteroatoms. The van der Waals surface area contributed by atoms with Crippen molar-refractivity contribution in [1.82, 2.24) is 10.2 Å². The SMILES string of the molecule is CCOCCCCNCCN(C)CC(C)(C)C. The van der Waals surface area contributed by atoms with E-state index in [0.717, 1.165) is 39.4 Å². The lowest BCUT2D eigenvalue weighted by molar-refractivity contribution is 0.143. The first-order valence-corrected chi connectivity index (χ1v) is 6.92. The van der Waals surface area contributed by atoms with E-state index in [-0.39, 0.29) is 0 Å². The van der Waals surface area contributed by atoms with Gasteiger partial charge in [0.25, 0.3) is 0 Å². The fourth-order valence-electron chi connectivity index (χ4n) is 1.88. The van der Waals surface area contributed by atoms with Crippen molar-refractivity contribution in [2.24, 2.45) is 5.41 Å². The average Bonchev–Trinajstić information content (AvgIpc) is 2.19. The van der Waals surface area contributed by atoms with Crippen LogP contribution in [0.15, 0.2) is 0 Å². The molecule has 0 aromatic rings. The standard InChI is InChI=1S/C14H32N2O/c1-6-17-12-8-7-9-15-10-11-16(5)13-14(2,3)4/h15H,6-13H2,1-5H3. The molecule has 0 bridgehead atoms. The minimum absolute atomic E-state index is 0.395. The molecule has 0 aromatic carbocycles. The molecule has 0 aliphatic rings. The maximum Gasteiger partial charge on any atom is 0.0466 e. The molecule has 0 saturated carbocycles. The van der Waals surface area contributed by atoms with Crippen LogP contribution in [0.1, 0.15) is 40.5 Å². The van der Waals surface area contributed by atoms with E-state index < -0.39 is 0 Å². The first-order chi connectivity index (χ1) is 7.95. The topological polar surface area (TPSA) is 24.5 Å². The minimum atomic E-state index is 0.395. The van der Waals surface area contributed by atoms with Gasteiger partial charge < -0.3 is 15.0 Å². The largest absolute Gasteiger partial charge is 0.382 e. The van der Waals surface area contributed by atoms with Gasteiger partial charge in [0.2, 0.25) is 0 Å².